The van der Waals surface area contributed by atoms with Gasteiger partial charge in [0.15, 0.2) is 5.82 Å². The van der Waals surface area contributed by atoms with Crippen LogP contribution in [0.2, 0.25) is 0 Å². The maximum Gasteiger partial charge on any atom is 0.438 e. The Morgan fingerprint density at radius 3 is 2.93 bits per heavy atom. The number of aromatic amines is 1. The molecule has 0 aliphatic carbocycles. The first-order valence-electron chi connectivity index (χ1n) is 5.43. The molecule has 1 saturated heterocycles. The monoisotopic (exact) mass is 211 g/mol. The van der Waals surface area contributed by atoms with Gasteiger partial charge in [0, 0.05) is 12.5 Å². The van der Waals surface area contributed by atoms with E-state index in [9.17, 15) is 4.79 Å². The molecule has 2 rings (SSSR count). The van der Waals surface area contributed by atoms with Crippen molar-refractivity contribution in [1.82, 2.24) is 15.5 Å². The summed E-state index contributed by atoms with van der Waals surface area (Å²) in [6.45, 7) is 6.29. The molecule has 5 nitrogen and oxygen atoms in total. The topological polar surface area (TPSA) is 70.9 Å². The largest absolute Gasteiger partial charge is 0.438 e. The minimum Gasteiger partial charge on any atom is -0.316 e. The van der Waals surface area contributed by atoms with Crippen molar-refractivity contribution in [3.63, 3.8) is 0 Å². The predicted octanol–water partition coefficient (Wildman–Crippen LogP) is 0.712. The summed E-state index contributed by atoms with van der Waals surface area (Å²) in [5, 5.41) is 7.10. The molecule has 2 atom stereocenters. The zero-order valence-electron chi connectivity index (χ0n) is 9.12. The van der Waals surface area contributed by atoms with E-state index in [-0.39, 0.29) is 0 Å². The van der Waals surface area contributed by atoms with Gasteiger partial charge in [0.2, 0.25) is 0 Å². The van der Waals surface area contributed by atoms with Gasteiger partial charge < -0.3 is 5.32 Å². The van der Waals surface area contributed by atoms with Gasteiger partial charge in [0.25, 0.3) is 0 Å². The molecule has 2 N–H and O–H groups in total. The molecular weight excluding hydrogens is 194 g/mol. The SMILES string of the molecule is CC(C)C[C@@H]1CNC[C@@H]1c1noc(=O)[nH]1. The Kier molecular flexibility index (Phi) is 2.90. The number of aromatic nitrogens is 2. The normalized spacial score (nSPS) is 26.3. The van der Waals surface area contributed by atoms with Crippen LogP contribution in [0, 0.1) is 11.8 Å². The fourth-order valence-corrected chi connectivity index (χ4v) is 2.31. The van der Waals surface area contributed by atoms with Crippen LogP contribution in [0.5, 0.6) is 0 Å². The van der Waals surface area contributed by atoms with Crippen molar-refractivity contribution in [2.24, 2.45) is 11.8 Å². The van der Waals surface area contributed by atoms with Crippen molar-refractivity contribution in [3.05, 3.63) is 16.4 Å². The number of hydrogen-bond donors (Lipinski definition) is 2. The van der Waals surface area contributed by atoms with Crippen LogP contribution >= 0.6 is 0 Å². The van der Waals surface area contributed by atoms with Crippen LogP contribution in [0.1, 0.15) is 32.0 Å². The molecule has 0 aromatic carbocycles. The third-order valence-corrected chi connectivity index (χ3v) is 2.92. The predicted molar refractivity (Wildman–Crippen MR) is 55.7 cm³/mol. The zero-order chi connectivity index (χ0) is 10.8. The standard InChI is InChI=1S/C10H17N3O2/c1-6(2)3-7-4-11-5-8(7)9-12-10(14)15-13-9/h6-8,11H,3-5H2,1-2H3,(H,12,13,14)/t7-,8+/m1/s1. The van der Waals surface area contributed by atoms with Gasteiger partial charge in [-0.05, 0) is 24.8 Å². The smallest absolute Gasteiger partial charge is 0.316 e. The van der Waals surface area contributed by atoms with E-state index >= 15 is 0 Å². The van der Waals surface area contributed by atoms with Gasteiger partial charge in [-0.2, -0.15) is 0 Å². The molecule has 5 heteroatoms. The molecular formula is C10H17N3O2. The first-order chi connectivity index (χ1) is 7.16. The molecule has 0 amide bonds. The molecule has 0 unspecified atom stereocenters. The Hall–Kier alpha value is -1.10. The Bertz CT molecular complexity index is 369. The lowest BCUT2D eigenvalue weighted by Crippen LogP contribution is -2.15. The van der Waals surface area contributed by atoms with Crippen molar-refractivity contribution in [2.45, 2.75) is 26.2 Å². The average Bonchev–Trinajstić information content (AvgIpc) is 2.72. The van der Waals surface area contributed by atoms with E-state index in [0.29, 0.717) is 23.6 Å². The molecule has 0 spiro atoms. The van der Waals surface area contributed by atoms with E-state index in [2.05, 4.69) is 33.8 Å². The number of hydrogen-bond acceptors (Lipinski definition) is 4. The van der Waals surface area contributed by atoms with E-state index in [1.165, 1.54) is 0 Å². The Labute approximate surface area is 88.2 Å². The van der Waals surface area contributed by atoms with Crippen molar-refractivity contribution >= 4 is 0 Å². The molecule has 0 saturated carbocycles. The summed E-state index contributed by atoms with van der Waals surface area (Å²) in [5.74, 6) is 1.73. The van der Waals surface area contributed by atoms with Crippen LogP contribution in [0.4, 0.5) is 0 Å². The molecule has 0 radical (unpaired) electrons. The molecule has 1 aromatic rings. The molecule has 1 fully saturated rings. The van der Waals surface area contributed by atoms with Crippen molar-refractivity contribution in [3.8, 4) is 0 Å². The third-order valence-electron chi connectivity index (χ3n) is 2.92. The number of nitrogens with zero attached hydrogens (tertiary/aromatic N) is 1. The quantitative estimate of drug-likeness (QED) is 0.772. The highest BCUT2D eigenvalue weighted by Crippen LogP contribution is 2.29. The average molecular weight is 211 g/mol. The molecule has 0 bridgehead atoms. The van der Waals surface area contributed by atoms with Gasteiger partial charge in [0.05, 0.1) is 0 Å². The van der Waals surface area contributed by atoms with Crippen molar-refractivity contribution in [2.75, 3.05) is 13.1 Å². The van der Waals surface area contributed by atoms with E-state index in [1.807, 2.05) is 0 Å². The molecule has 1 aliphatic rings. The minimum atomic E-state index is -0.458. The van der Waals surface area contributed by atoms with Gasteiger partial charge in [-0.3, -0.25) is 9.51 Å². The van der Waals surface area contributed by atoms with Crippen LogP contribution in [0.25, 0.3) is 0 Å². The van der Waals surface area contributed by atoms with E-state index in [0.717, 1.165) is 19.5 Å². The van der Waals surface area contributed by atoms with E-state index < -0.39 is 5.76 Å². The summed E-state index contributed by atoms with van der Waals surface area (Å²) in [7, 11) is 0. The van der Waals surface area contributed by atoms with Crippen LogP contribution in [-0.4, -0.2) is 23.2 Å². The van der Waals surface area contributed by atoms with Crippen LogP contribution < -0.4 is 11.1 Å². The fraction of sp³-hybridized carbons (Fsp3) is 0.800. The second-order valence-electron chi connectivity index (χ2n) is 4.63. The highest BCUT2D eigenvalue weighted by molar-refractivity contribution is 5.01. The summed E-state index contributed by atoms with van der Waals surface area (Å²) >= 11 is 0. The van der Waals surface area contributed by atoms with Crippen LogP contribution in [0.15, 0.2) is 9.32 Å². The molecule has 2 heterocycles. The summed E-state index contributed by atoms with van der Waals surface area (Å²) in [6, 6.07) is 0. The zero-order valence-corrected chi connectivity index (χ0v) is 9.12. The molecule has 1 aliphatic heterocycles. The van der Waals surface area contributed by atoms with Gasteiger partial charge in [-0.25, -0.2) is 4.79 Å². The summed E-state index contributed by atoms with van der Waals surface area (Å²) < 4.78 is 4.54. The maximum absolute atomic E-state index is 10.9. The molecule has 84 valence electrons. The van der Waals surface area contributed by atoms with Gasteiger partial charge in [-0.1, -0.05) is 19.0 Å². The molecule has 1 aromatic heterocycles. The Morgan fingerprint density at radius 2 is 2.33 bits per heavy atom. The lowest BCUT2D eigenvalue weighted by Gasteiger charge is -2.17. The number of H-pyrrole nitrogens is 1. The minimum absolute atomic E-state index is 0.291. The van der Waals surface area contributed by atoms with Gasteiger partial charge in [-0.15, -0.1) is 0 Å². The maximum atomic E-state index is 10.9. The number of rotatable bonds is 3. The van der Waals surface area contributed by atoms with Gasteiger partial charge in [0.1, 0.15) is 0 Å². The summed E-state index contributed by atoms with van der Waals surface area (Å²) in [4.78, 5) is 13.5. The second kappa shape index (κ2) is 4.18. The first-order valence-corrected chi connectivity index (χ1v) is 5.43. The molecule has 15 heavy (non-hydrogen) atoms. The van der Waals surface area contributed by atoms with E-state index in [4.69, 9.17) is 0 Å². The second-order valence-corrected chi connectivity index (χ2v) is 4.63. The van der Waals surface area contributed by atoms with Gasteiger partial charge >= 0.3 is 5.76 Å². The third kappa shape index (κ3) is 2.28. The lowest BCUT2D eigenvalue weighted by molar-refractivity contribution is 0.358. The van der Waals surface area contributed by atoms with Crippen molar-refractivity contribution in [1.29, 1.82) is 0 Å². The highest BCUT2D eigenvalue weighted by Gasteiger charge is 2.31. The lowest BCUT2D eigenvalue weighted by atomic mass is 9.88. The summed E-state index contributed by atoms with van der Waals surface area (Å²) in [5.41, 5.74) is 0. The Balaban J connectivity index is 2.11. The fourth-order valence-electron chi connectivity index (χ4n) is 2.31. The highest BCUT2D eigenvalue weighted by atomic mass is 16.5. The van der Waals surface area contributed by atoms with E-state index in [1.54, 1.807) is 0 Å². The van der Waals surface area contributed by atoms with Crippen LogP contribution in [-0.2, 0) is 0 Å². The van der Waals surface area contributed by atoms with Crippen LogP contribution in [0.3, 0.4) is 0 Å². The number of nitrogens with one attached hydrogen (secondary N) is 2. The summed E-state index contributed by atoms with van der Waals surface area (Å²) in [6.07, 6.45) is 1.15. The first kappa shape index (κ1) is 10.4. The Morgan fingerprint density at radius 1 is 1.53 bits per heavy atom. The van der Waals surface area contributed by atoms with Crippen molar-refractivity contribution < 1.29 is 4.52 Å².